The number of ether oxygens (including phenoxy) is 1. The van der Waals surface area contributed by atoms with Crippen LogP contribution in [0, 0.1) is 11.3 Å². The number of H-pyrrole nitrogens is 1. The highest BCUT2D eigenvalue weighted by Crippen LogP contribution is 2.41. The van der Waals surface area contributed by atoms with Crippen LogP contribution in [-0.4, -0.2) is 49.0 Å². The van der Waals surface area contributed by atoms with Gasteiger partial charge in [0, 0.05) is 5.38 Å². The molecule has 2 heterocycles. The number of aliphatic hydroxyl groups is 2. The maximum atomic E-state index is 14.9. The molecule has 0 amide bonds. The van der Waals surface area contributed by atoms with Crippen LogP contribution in [0.25, 0.3) is 0 Å². The molecule has 10 heteroatoms. The van der Waals surface area contributed by atoms with Crippen molar-refractivity contribution in [2.75, 3.05) is 0 Å². The van der Waals surface area contributed by atoms with Crippen molar-refractivity contribution in [3.63, 3.8) is 0 Å². The number of alkyl halides is 1. The molecule has 114 valence electrons. The van der Waals surface area contributed by atoms with Crippen molar-refractivity contribution in [3.05, 3.63) is 27.0 Å². The van der Waals surface area contributed by atoms with Crippen molar-refractivity contribution in [1.82, 2.24) is 14.8 Å². The first-order valence-corrected chi connectivity index (χ1v) is 6.20. The number of aromatic amines is 1. The lowest BCUT2D eigenvalue weighted by atomic mass is 9.95. The monoisotopic (exact) mass is 319 g/mol. The Bertz CT molecular complexity index is 708. The number of nitrogens with one attached hydrogen (secondary N) is 1. The Morgan fingerprint density at radius 1 is 1.67 bits per heavy atom. The van der Waals surface area contributed by atoms with E-state index in [0.717, 1.165) is 6.20 Å². The van der Waals surface area contributed by atoms with Crippen LogP contribution in [0.1, 0.15) is 13.2 Å². The number of nitrogens with zero attached hydrogens (tertiary/aromatic N) is 2. The van der Waals surface area contributed by atoms with Crippen molar-refractivity contribution in [3.8, 4) is 11.3 Å². The summed E-state index contributed by atoms with van der Waals surface area (Å²) in [6.45, 7) is 1.27. The molecule has 8 nitrogen and oxygen atoms in total. The molecule has 1 saturated heterocycles. The fourth-order valence-electron chi connectivity index (χ4n) is 2.06. The van der Waals surface area contributed by atoms with Crippen LogP contribution in [0.2, 0.25) is 0 Å². The molecule has 0 spiro atoms. The first-order chi connectivity index (χ1) is 9.81. The zero-order chi connectivity index (χ0) is 15.8. The zero-order valence-electron chi connectivity index (χ0n) is 10.7. The summed E-state index contributed by atoms with van der Waals surface area (Å²) in [5.74, 6) is 1.92. The Labute approximate surface area is 122 Å². The maximum Gasteiger partial charge on any atom is 0.347 e. The Balaban J connectivity index is 2.56. The predicted molar refractivity (Wildman–Crippen MR) is 68.2 cm³/mol. The molecule has 2 rings (SSSR count). The fourth-order valence-corrected chi connectivity index (χ4v) is 2.20. The van der Waals surface area contributed by atoms with Gasteiger partial charge in [0.2, 0.25) is 11.9 Å². The van der Waals surface area contributed by atoms with E-state index in [4.69, 9.17) is 16.3 Å². The van der Waals surface area contributed by atoms with Gasteiger partial charge in [0.05, 0.1) is 6.10 Å². The molecule has 0 radical (unpaired) electrons. The molecule has 5 atom stereocenters. The smallest absolute Gasteiger partial charge is 0.347 e. The van der Waals surface area contributed by atoms with Gasteiger partial charge in [-0.15, -0.1) is 0 Å². The van der Waals surface area contributed by atoms with Crippen molar-refractivity contribution < 1.29 is 19.3 Å². The Morgan fingerprint density at radius 3 is 2.86 bits per heavy atom. The lowest BCUT2D eigenvalue weighted by Gasteiger charge is -2.22. The molecule has 0 bridgehead atoms. The minimum atomic E-state index is -2.78. The van der Waals surface area contributed by atoms with Crippen molar-refractivity contribution in [2.45, 2.75) is 37.1 Å². The molecule has 3 N–H and O–H groups in total. The van der Waals surface area contributed by atoms with E-state index in [1.807, 2.05) is 10.9 Å². The molecule has 1 aromatic rings. The van der Waals surface area contributed by atoms with Crippen LogP contribution in [0.4, 0.5) is 4.39 Å². The lowest BCUT2D eigenvalue weighted by Crippen LogP contribution is -2.46. The number of aliphatic hydroxyl groups excluding tert-OH is 2. The van der Waals surface area contributed by atoms with E-state index in [2.05, 4.69) is 5.10 Å². The number of halogens is 2. The van der Waals surface area contributed by atoms with Crippen molar-refractivity contribution in [2.24, 2.45) is 0 Å². The van der Waals surface area contributed by atoms with Gasteiger partial charge in [-0.2, -0.15) is 9.78 Å². The van der Waals surface area contributed by atoms with Crippen LogP contribution in [-0.2, 0) is 4.74 Å². The van der Waals surface area contributed by atoms with Crippen LogP contribution in [0.3, 0.4) is 0 Å². The average Bonchev–Trinajstić information content (AvgIpc) is 2.64. The van der Waals surface area contributed by atoms with E-state index in [1.54, 1.807) is 5.38 Å². The van der Waals surface area contributed by atoms with Gasteiger partial charge in [-0.25, -0.2) is 9.18 Å². The predicted octanol–water partition coefficient (Wildman–Crippen LogP) is -1.52. The molecular formula is C11H11ClFN3O5. The molecular weight excluding hydrogens is 309 g/mol. The third-order valence-corrected chi connectivity index (χ3v) is 3.16. The second kappa shape index (κ2) is 5.57. The van der Waals surface area contributed by atoms with Crippen LogP contribution in [0.5, 0.6) is 0 Å². The minimum absolute atomic E-state index is 0.480. The summed E-state index contributed by atoms with van der Waals surface area (Å²) in [6, 6.07) is 0. The highest BCUT2D eigenvalue weighted by Gasteiger charge is 2.59. The second-order valence-corrected chi connectivity index (χ2v) is 4.70. The number of hydrogen-bond acceptors (Lipinski definition) is 6. The zero-order valence-corrected chi connectivity index (χ0v) is 11.4. The molecule has 0 aliphatic carbocycles. The van der Waals surface area contributed by atoms with E-state index in [9.17, 15) is 24.2 Å². The molecule has 1 fully saturated rings. The molecule has 1 aliphatic rings. The van der Waals surface area contributed by atoms with Crippen LogP contribution in [0.15, 0.2) is 15.8 Å². The Morgan fingerprint density at radius 2 is 2.33 bits per heavy atom. The van der Waals surface area contributed by atoms with Gasteiger partial charge in [-0.1, -0.05) is 0 Å². The van der Waals surface area contributed by atoms with E-state index < -0.39 is 41.5 Å². The van der Waals surface area contributed by atoms with Crippen molar-refractivity contribution in [1.29, 1.82) is 0 Å². The standard InChI is InChI=1S/C11H11ClFN3O5/c1-5(17)7-8(19)11(13,2-3-12)9(21-7)16-10(20)15-6(18)4-14-16/h4-5,7-9,17,19H,1H3,(H,15,18,20)/t5-,7-,8?,9-,11-/m1/s1. The lowest BCUT2D eigenvalue weighted by molar-refractivity contribution is -0.0850. The van der Waals surface area contributed by atoms with E-state index in [0.29, 0.717) is 4.68 Å². The van der Waals surface area contributed by atoms with Gasteiger partial charge in [0.1, 0.15) is 18.4 Å². The number of hydrogen-bond donors (Lipinski definition) is 3. The van der Waals surface area contributed by atoms with Gasteiger partial charge in [-0.05, 0) is 24.4 Å². The number of aromatic nitrogens is 3. The van der Waals surface area contributed by atoms with E-state index >= 15 is 0 Å². The highest BCUT2D eigenvalue weighted by molar-refractivity contribution is 6.30. The molecule has 21 heavy (non-hydrogen) atoms. The molecule has 0 aromatic carbocycles. The number of rotatable bonds is 2. The largest absolute Gasteiger partial charge is 0.391 e. The molecule has 1 aliphatic heterocycles. The Kier molecular flexibility index (Phi) is 4.15. The molecule has 0 saturated carbocycles. The summed E-state index contributed by atoms with van der Waals surface area (Å²) in [4.78, 5) is 24.5. The summed E-state index contributed by atoms with van der Waals surface area (Å²) in [5, 5.41) is 24.7. The summed E-state index contributed by atoms with van der Waals surface area (Å²) in [6.07, 6.45) is -5.49. The van der Waals surface area contributed by atoms with Gasteiger partial charge < -0.3 is 14.9 Å². The first-order valence-electron chi connectivity index (χ1n) is 5.82. The van der Waals surface area contributed by atoms with Gasteiger partial charge in [0.15, 0.2) is 0 Å². The normalized spacial score (nSPS) is 33.3. The molecule has 1 aromatic heterocycles. The van der Waals surface area contributed by atoms with Crippen LogP contribution >= 0.6 is 11.6 Å². The van der Waals surface area contributed by atoms with E-state index in [-0.39, 0.29) is 0 Å². The second-order valence-electron chi connectivity index (χ2n) is 4.51. The van der Waals surface area contributed by atoms with Gasteiger partial charge >= 0.3 is 5.69 Å². The van der Waals surface area contributed by atoms with Crippen molar-refractivity contribution >= 4 is 11.6 Å². The summed E-state index contributed by atoms with van der Waals surface area (Å²) >= 11 is 5.19. The average molecular weight is 320 g/mol. The SMILES string of the molecule is C[C@@H](O)[C@H]1O[C@@H](n2ncc(=O)[nH]c2=O)[C@@](F)(C#CCl)C1O. The summed E-state index contributed by atoms with van der Waals surface area (Å²) in [7, 11) is 0. The third kappa shape index (κ3) is 2.58. The first kappa shape index (κ1) is 15.7. The molecule has 1 unspecified atom stereocenters. The minimum Gasteiger partial charge on any atom is -0.391 e. The topological polar surface area (TPSA) is 117 Å². The Hall–Kier alpha value is -1.73. The summed E-state index contributed by atoms with van der Waals surface area (Å²) < 4.78 is 20.5. The fraction of sp³-hybridized carbons (Fsp3) is 0.545. The third-order valence-electron chi connectivity index (χ3n) is 3.06. The van der Waals surface area contributed by atoms with Gasteiger partial charge in [0.25, 0.3) is 5.56 Å². The summed E-state index contributed by atoms with van der Waals surface area (Å²) in [5.41, 5.74) is -4.61. The van der Waals surface area contributed by atoms with Gasteiger partial charge in [-0.3, -0.25) is 9.78 Å². The quantitative estimate of drug-likeness (QED) is 0.570. The van der Waals surface area contributed by atoms with E-state index in [1.165, 1.54) is 6.92 Å². The van der Waals surface area contributed by atoms with Crippen LogP contribution < -0.4 is 11.2 Å². The maximum absolute atomic E-state index is 14.9. The highest BCUT2D eigenvalue weighted by atomic mass is 35.5.